The van der Waals surface area contributed by atoms with Crippen LogP contribution in [0, 0.1) is 0 Å². The average Bonchev–Trinajstić information content (AvgIpc) is 3.26. The molecule has 2 aromatic rings. The summed E-state index contributed by atoms with van der Waals surface area (Å²) in [6, 6.07) is 17.2. The topological polar surface area (TPSA) is 98.8 Å². The highest BCUT2D eigenvalue weighted by atomic mass is 16.6. The lowest BCUT2D eigenvalue weighted by molar-refractivity contribution is -0.629. The van der Waals surface area contributed by atoms with Gasteiger partial charge in [0.1, 0.15) is 22.3 Å². The number of carbonyl (C=O) groups is 4. The van der Waals surface area contributed by atoms with Crippen LogP contribution in [0.5, 0.6) is 0 Å². The number of nitrogens with one attached hydrogen (secondary N) is 1. The Bertz CT molecular complexity index is 1300. The van der Waals surface area contributed by atoms with Crippen LogP contribution in [0.15, 0.2) is 71.8 Å². The van der Waals surface area contributed by atoms with E-state index in [4.69, 9.17) is 9.47 Å². The minimum Gasteiger partial charge on any atom is -0.413 e. The maximum Gasteiger partial charge on any atom is 0.540 e. The summed E-state index contributed by atoms with van der Waals surface area (Å²) >= 11 is 0. The van der Waals surface area contributed by atoms with Gasteiger partial charge in [-0.3, -0.25) is 4.79 Å². The first-order chi connectivity index (χ1) is 16.8. The van der Waals surface area contributed by atoms with E-state index in [9.17, 15) is 19.2 Å². The second kappa shape index (κ2) is 8.57. The van der Waals surface area contributed by atoms with E-state index in [1.807, 2.05) is 0 Å². The van der Waals surface area contributed by atoms with Gasteiger partial charge in [0.2, 0.25) is 0 Å². The molecule has 8 nitrogen and oxygen atoms in total. The Kier molecular flexibility index (Phi) is 5.96. The van der Waals surface area contributed by atoms with Crippen LogP contribution in [-0.2, 0) is 19.1 Å². The predicted octanol–water partition coefficient (Wildman–Crippen LogP) is 5.17. The first-order valence-corrected chi connectivity index (χ1v) is 11.6. The van der Waals surface area contributed by atoms with E-state index in [-0.39, 0.29) is 22.5 Å². The van der Waals surface area contributed by atoms with Crippen molar-refractivity contribution in [2.45, 2.75) is 52.7 Å². The van der Waals surface area contributed by atoms with Gasteiger partial charge in [-0.05, 0) is 63.7 Å². The Hall–Kier alpha value is -4.04. The summed E-state index contributed by atoms with van der Waals surface area (Å²) in [6.45, 7) is 9.80. The average molecular weight is 490 g/mol. The first kappa shape index (κ1) is 25.1. The highest BCUT2D eigenvalue weighted by Gasteiger charge is 2.70. The Morgan fingerprint density at radius 2 is 1.14 bits per heavy atom. The quantitative estimate of drug-likeness (QED) is 0.585. The monoisotopic (exact) mass is 489 g/mol. The Labute approximate surface area is 209 Å². The summed E-state index contributed by atoms with van der Waals surface area (Å²) in [4.78, 5) is 55.6. The molecule has 8 heteroatoms. The molecule has 0 radical (unpaired) electrons. The molecular formula is C28H29N2O6+. The van der Waals surface area contributed by atoms with Crippen molar-refractivity contribution < 1.29 is 33.1 Å². The molecule has 0 saturated carbocycles. The van der Waals surface area contributed by atoms with Crippen molar-refractivity contribution in [2.24, 2.45) is 0 Å². The number of hydrogen-bond acceptors (Lipinski definition) is 6. The standard InChI is InChI=1S/C28H28N2O6/c1-27(2,3)35-25(33)30(26(34)36-28(4,5)6)22(18-15-11-8-12-16-18)20-19(24(30)32)21(29-23(20)31)17-13-9-7-10-14-17/h7-16H,1-6H3/p+1. The maximum absolute atomic E-state index is 14.4. The Morgan fingerprint density at radius 3 is 1.58 bits per heavy atom. The molecule has 4 amide bonds. The fourth-order valence-electron chi connectivity index (χ4n) is 4.19. The normalized spacial score (nSPS) is 17.2. The van der Waals surface area contributed by atoms with Crippen LogP contribution in [-0.4, -0.2) is 39.7 Å². The van der Waals surface area contributed by atoms with E-state index in [1.165, 1.54) is 0 Å². The zero-order valence-electron chi connectivity index (χ0n) is 21.2. The lowest BCUT2D eigenvalue weighted by Crippen LogP contribution is -2.60. The van der Waals surface area contributed by atoms with Gasteiger partial charge >= 0.3 is 18.1 Å². The van der Waals surface area contributed by atoms with Gasteiger partial charge in [-0.1, -0.05) is 48.5 Å². The van der Waals surface area contributed by atoms with Crippen molar-refractivity contribution >= 4 is 35.4 Å². The van der Waals surface area contributed by atoms with E-state index < -0.39 is 39.7 Å². The van der Waals surface area contributed by atoms with Gasteiger partial charge in [-0.2, -0.15) is 9.59 Å². The van der Waals surface area contributed by atoms with E-state index in [2.05, 4.69) is 5.32 Å². The maximum atomic E-state index is 14.4. The third kappa shape index (κ3) is 4.13. The predicted molar refractivity (Wildman–Crippen MR) is 133 cm³/mol. The second-order valence-electron chi connectivity index (χ2n) is 10.6. The van der Waals surface area contributed by atoms with Crippen LogP contribution in [0.25, 0.3) is 11.4 Å². The van der Waals surface area contributed by atoms with Crippen LogP contribution < -0.4 is 5.32 Å². The fourth-order valence-corrected chi connectivity index (χ4v) is 4.19. The van der Waals surface area contributed by atoms with E-state index in [0.717, 1.165) is 0 Å². The molecule has 0 aromatic heterocycles. The largest absolute Gasteiger partial charge is 0.540 e. The minimum atomic E-state index is -1.55. The van der Waals surface area contributed by atoms with Crippen molar-refractivity contribution in [2.75, 3.05) is 0 Å². The molecule has 2 aliphatic rings. The SMILES string of the molecule is CC(C)(C)OC(=O)[N+]1(C(=O)OC(C)(C)C)C(=O)C2=C(c3ccccc3)NC(=O)C2=C1c1ccccc1. The second-order valence-corrected chi connectivity index (χ2v) is 10.6. The molecule has 186 valence electrons. The molecule has 0 atom stereocenters. The van der Waals surface area contributed by atoms with Gasteiger partial charge in [0.15, 0.2) is 5.70 Å². The third-order valence-electron chi connectivity index (χ3n) is 5.50. The molecule has 36 heavy (non-hydrogen) atoms. The number of ether oxygens (including phenoxy) is 2. The number of imide groups is 3. The summed E-state index contributed by atoms with van der Waals surface area (Å²) in [5, 5.41) is 2.76. The van der Waals surface area contributed by atoms with Crippen LogP contribution in [0.2, 0.25) is 0 Å². The van der Waals surface area contributed by atoms with E-state index in [1.54, 1.807) is 102 Å². The summed E-state index contributed by atoms with van der Waals surface area (Å²) in [7, 11) is 0. The van der Waals surface area contributed by atoms with Crippen molar-refractivity contribution in [1.29, 1.82) is 0 Å². The highest BCUT2D eigenvalue weighted by Crippen LogP contribution is 2.49. The van der Waals surface area contributed by atoms with Crippen LogP contribution in [0.4, 0.5) is 9.59 Å². The van der Waals surface area contributed by atoms with Gasteiger partial charge in [-0.25, -0.2) is 4.79 Å². The van der Waals surface area contributed by atoms with Gasteiger partial charge in [0, 0.05) is 5.56 Å². The van der Waals surface area contributed by atoms with Gasteiger partial charge in [0.05, 0.1) is 5.70 Å². The summed E-state index contributed by atoms with van der Waals surface area (Å²) in [5.74, 6) is -1.51. The molecule has 0 spiro atoms. The molecule has 2 heterocycles. The van der Waals surface area contributed by atoms with Gasteiger partial charge < -0.3 is 14.8 Å². The van der Waals surface area contributed by atoms with Crippen molar-refractivity contribution in [3.63, 3.8) is 0 Å². The van der Waals surface area contributed by atoms with Crippen LogP contribution in [0.3, 0.4) is 0 Å². The molecular weight excluding hydrogens is 460 g/mol. The molecule has 4 rings (SSSR count). The summed E-state index contributed by atoms with van der Waals surface area (Å²) < 4.78 is 9.75. The summed E-state index contributed by atoms with van der Waals surface area (Å²) in [6.07, 6.45) is -2.29. The van der Waals surface area contributed by atoms with E-state index >= 15 is 0 Å². The van der Waals surface area contributed by atoms with Crippen molar-refractivity contribution in [1.82, 2.24) is 5.32 Å². The number of carbonyl (C=O) groups excluding carboxylic acids is 4. The lowest BCUT2D eigenvalue weighted by atomic mass is 10.0. The number of amides is 4. The molecule has 2 aliphatic heterocycles. The molecule has 0 unspecified atom stereocenters. The number of nitrogens with zero attached hydrogens (tertiary/aromatic N) is 1. The number of quaternary nitrogens is 1. The Balaban J connectivity index is 2.11. The molecule has 0 aliphatic carbocycles. The zero-order valence-corrected chi connectivity index (χ0v) is 21.2. The first-order valence-electron chi connectivity index (χ1n) is 11.6. The van der Waals surface area contributed by atoms with Crippen LogP contribution in [0.1, 0.15) is 52.7 Å². The highest BCUT2D eigenvalue weighted by molar-refractivity contribution is 6.30. The van der Waals surface area contributed by atoms with Gasteiger partial charge in [-0.15, -0.1) is 0 Å². The fraction of sp³-hybridized carbons (Fsp3) is 0.286. The smallest absolute Gasteiger partial charge is 0.413 e. The molecule has 2 aromatic carbocycles. The van der Waals surface area contributed by atoms with Gasteiger partial charge in [0.25, 0.3) is 5.91 Å². The third-order valence-corrected chi connectivity index (χ3v) is 5.50. The summed E-state index contributed by atoms with van der Waals surface area (Å²) in [5.41, 5.74) is -1.14. The molecule has 0 fully saturated rings. The Morgan fingerprint density at radius 1 is 0.694 bits per heavy atom. The number of hydrogen-bond donors (Lipinski definition) is 1. The van der Waals surface area contributed by atoms with E-state index in [0.29, 0.717) is 11.1 Å². The molecule has 1 N–H and O–H groups in total. The minimum absolute atomic E-state index is 0.0539. The number of rotatable bonds is 2. The number of benzene rings is 2. The molecule has 0 bridgehead atoms. The zero-order chi connectivity index (χ0) is 26.5. The number of fused-ring (bicyclic) bond motifs is 1. The van der Waals surface area contributed by atoms with Crippen molar-refractivity contribution in [3.8, 4) is 0 Å². The van der Waals surface area contributed by atoms with Crippen LogP contribution >= 0.6 is 0 Å². The lowest BCUT2D eigenvalue weighted by Gasteiger charge is -2.31. The molecule has 0 saturated heterocycles. The van der Waals surface area contributed by atoms with Crippen molar-refractivity contribution in [3.05, 3.63) is 82.9 Å².